The van der Waals surface area contributed by atoms with Crippen molar-refractivity contribution in [3.8, 4) is 0 Å². The first-order valence-electron chi connectivity index (χ1n) is 17.7. The second kappa shape index (κ2) is 16.9. The molecular formula is C36H56O4S4. The molecule has 4 unspecified atom stereocenters. The fourth-order valence-corrected chi connectivity index (χ4v) is 15.1. The van der Waals surface area contributed by atoms with E-state index in [1.165, 1.54) is 119 Å². The predicted molar refractivity (Wildman–Crippen MR) is 193 cm³/mol. The molecule has 0 spiro atoms. The van der Waals surface area contributed by atoms with Crippen LogP contribution in [0.5, 0.6) is 0 Å². The third-order valence-electron chi connectivity index (χ3n) is 10.5. The maximum absolute atomic E-state index is 12.7. The van der Waals surface area contributed by atoms with Crippen molar-refractivity contribution < 1.29 is 19.8 Å². The number of rotatable bonds is 22. The second-order valence-electron chi connectivity index (χ2n) is 13.3. The largest absolute Gasteiger partial charge is 0.480 e. The van der Waals surface area contributed by atoms with Crippen LogP contribution in [0.1, 0.15) is 166 Å². The zero-order chi connectivity index (χ0) is 31.7. The van der Waals surface area contributed by atoms with Gasteiger partial charge in [0.1, 0.15) is 10.5 Å². The zero-order valence-electron chi connectivity index (χ0n) is 27.6. The highest BCUT2D eigenvalue weighted by molar-refractivity contribution is 8.02. The first-order valence-corrected chi connectivity index (χ1v) is 21.1. The highest BCUT2D eigenvalue weighted by Gasteiger charge is 2.55. The second-order valence-corrected chi connectivity index (χ2v) is 17.6. The summed E-state index contributed by atoms with van der Waals surface area (Å²) in [6.45, 7) is 8.86. The summed E-state index contributed by atoms with van der Waals surface area (Å²) in [7, 11) is 0. The average molecular weight is 681 g/mol. The number of thioether (sulfide) groups is 2. The van der Waals surface area contributed by atoms with E-state index in [4.69, 9.17) is 0 Å². The third-order valence-corrected chi connectivity index (χ3v) is 17.0. The van der Waals surface area contributed by atoms with Gasteiger partial charge >= 0.3 is 11.9 Å². The Balaban J connectivity index is 1.54. The summed E-state index contributed by atoms with van der Waals surface area (Å²) in [4.78, 5) is 30.3. The van der Waals surface area contributed by atoms with Gasteiger partial charge in [0, 0.05) is 30.4 Å². The molecule has 0 aliphatic carbocycles. The van der Waals surface area contributed by atoms with Crippen molar-refractivity contribution >= 4 is 67.5 Å². The van der Waals surface area contributed by atoms with Gasteiger partial charge in [-0.25, -0.2) is 0 Å². The summed E-state index contributed by atoms with van der Waals surface area (Å²) in [6.07, 6.45) is 23.5. The van der Waals surface area contributed by atoms with Gasteiger partial charge in [0.25, 0.3) is 0 Å². The molecule has 0 radical (unpaired) electrons. The number of aliphatic carboxylic acids is 2. The molecule has 2 aromatic rings. The van der Waals surface area contributed by atoms with Crippen LogP contribution in [0.25, 0.3) is 9.40 Å². The predicted octanol–water partition coefficient (Wildman–Crippen LogP) is 12.4. The molecule has 0 fully saturated rings. The van der Waals surface area contributed by atoms with Crippen molar-refractivity contribution in [1.29, 1.82) is 0 Å². The molecule has 0 aromatic carbocycles. The molecule has 4 heterocycles. The van der Waals surface area contributed by atoms with Crippen LogP contribution >= 0.6 is 46.2 Å². The topological polar surface area (TPSA) is 74.6 Å². The molecule has 2 aliphatic heterocycles. The smallest absolute Gasteiger partial charge is 0.317 e. The van der Waals surface area contributed by atoms with Crippen LogP contribution in [0.2, 0.25) is 0 Å². The summed E-state index contributed by atoms with van der Waals surface area (Å²) in [5, 5.41) is 20.0. The van der Waals surface area contributed by atoms with Crippen LogP contribution in [-0.2, 0) is 20.4 Å². The Bertz CT molecular complexity index is 1140. The number of carboxylic acids is 2. The number of unbranched alkanes of at least 4 members (excludes halogenated alkanes) is 14. The van der Waals surface area contributed by atoms with Gasteiger partial charge in [0.2, 0.25) is 0 Å². The molecule has 0 saturated carbocycles. The average Bonchev–Trinajstić information content (AvgIpc) is 3.72. The van der Waals surface area contributed by atoms with E-state index >= 15 is 0 Å². The summed E-state index contributed by atoms with van der Waals surface area (Å²) >= 11 is 6.79. The summed E-state index contributed by atoms with van der Waals surface area (Å²) in [5.41, 5.74) is -0.669. The Kier molecular flexibility index (Phi) is 13.9. The van der Waals surface area contributed by atoms with Gasteiger partial charge in [-0.3, -0.25) is 9.59 Å². The molecule has 2 aromatic heterocycles. The van der Waals surface area contributed by atoms with E-state index in [0.29, 0.717) is 0 Å². The standard InChI is InChI=1S/C36H56O4S4/c1-5-9-11-13-15-17-19-21-23-35(7-3)29-27(43-31(35)33(37)38)25-26(41-29)28-30(42-25)36(8-4,32(44-28)34(39)40)24-22-20-18-16-14-12-10-6-2/h31-32H,5-24H2,1-4H3,(H,37,38)(H,39,40). The summed E-state index contributed by atoms with van der Waals surface area (Å²) < 4.78 is 2.48. The normalized spacial score (nSPS) is 24.3. The molecule has 248 valence electrons. The van der Waals surface area contributed by atoms with Gasteiger partial charge in [-0.2, -0.15) is 0 Å². The maximum atomic E-state index is 12.7. The molecule has 44 heavy (non-hydrogen) atoms. The van der Waals surface area contributed by atoms with Crippen LogP contribution in [0.4, 0.5) is 0 Å². The first kappa shape index (κ1) is 36.1. The lowest BCUT2D eigenvalue weighted by molar-refractivity contribution is -0.138. The fourth-order valence-electron chi connectivity index (χ4n) is 7.72. The molecule has 0 saturated heterocycles. The van der Waals surface area contributed by atoms with Gasteiger partial charge in [0.05, 0.1) is 9.40 Å². The Morgan fingerprint density at radius 1 is 0.545 bits per heavy atom. The molecule has 4 nitrogen and oxygen atoms in total. The van der Waals surface area contributed by atoms with Gasteiger partial charge in [-0.1, -0.05) is 130 Å². The summed E-state index contributed by atoms with van der Waals surface area (Å²) in [6, 6.07) is 0. The van der Waals surface area contributed by atoms with E-state index in [1.807, 2.05) is 22.7 Å². The van der Waals surface area contributed by atoms with E-state index in [2.05, 4.69) is 27.7 Å². The third kappa shape index (κ3) is 7.39. The SMILES string of the molecule is CCCCCCCCCCC1(CC)c2sc3c4c(sc3c2SC1C(=O)O)C(CC)(CCCCCCCCCC)C(C(=O)O)S4. The Labute approximate surface area is 282 Å². The van der Waals surface area contributed by atoms with Crippen molar-refractivity contribution in [2.75, 3.05) is 0 Å². The zero-order valence-corrected chi connectivity index (χ0v) is 30.9. The number of hydrogen-bond donors (Lipinski definition) is 2. The maximum Gasteiger partial charge on any atom is 0.317 e. The minimum Gasteiger partial charge on any atom is -0.480 e. The highest BCUT2D eigenvalue weighted by Crippen LogP contribution is 2.66. The van der Waals surface area contributed by atoms with Crippen LogP contribution in [0.3, 0.4) is 0 Å². The van der Waals surface area contributed by atoms with E-state index in [-0.39, 0.29) is 10.8 Å². The van der Waals surface area contributed by atoms with Gasteiger partial charge < -0.3 is 10.2 Å². The van der Waals surface area contributed by atoms with Gasteiger partial charge in [-0.15, -0.1) is 46.2 Å². The van der Waals surface area contributed by atoms with Crippen molar-refractivity contribution in [3.05, 3.63) is 9.75 Å². The van der Waals surface area contributed by atoms with Crippen LogP contribution < -0.4 is 0 Å². The molecule has 0 amide bonds. The molecule has 0 bridgehead atoms. The lowest BCUT2D eigenvalue weighted by Gasteiger charge is -2.32. The van der Waals surface area contributed by atoms with E-state index in [9.17, 15) is 19.8 Å². The quantitative estimate of drug-likeness (QED) is 0.121. The summed E-state index contributed by atoms with van der Waals surface area (Å²) in [5.74, 6) is -1.37. The number of thiophene rings is 2. The van der Waals surface area contributed by atoms with Crippen molar-refractivity contribution in [3.63, 3.8) is 0 Å². The lowest BCUT2D eigenvalue weighted by atomic mass is 9.75. The van der Waals surface area contributed by atoms with Gasteiger partial charge in [0.15, 0.2) is 0 Å². The fraction of sp³-hybridized carbons (Fsp3) is 0.778. The van der Waals surface area contributed by atoms with Crippen molar-refractivity contribution in [2.45, 2.75) is 187 Å². The van der Waals surface area contributed by atoms with Crippen molar-refractivity contribution in [1.82, 2.24) is 0 Å². The molecule has 4 atom stereocenters. The van der Waals surface area contributed by atoms with Crippen molar-refractivity contribution in [2.24, 2.45) is 0 Å². The van der Waals surface area contributed by atoms with E-state index < -0.39 is 22.4 Å². The van der Waals surface area contributed by atoms with Crippen LogP contribution in [-0.4, -0.2) is 32.7 Å². The number of carbonyl (C=O) groups is 2. The highest BCUT2D eigenvalue weighted by atomic mass is 32.2. The number of carboxylic acid groups (broad SMARTS) is 2. The van der Waals surface area contributed by atoms with Gasteiger partial charge in [-0.05, 0) is 25.7 Å². The van der Waals surface area contributed by atoms with E-state index in [0.717, 1.165) is 38.5 Å². The first-order chi connectivity index (χ1) is 21.3. The molecule has 8 heteroatoms. The monoisotopic (exact) mass is 680 g/mol. The Morgan fingerprint density at radius 2 is 0.864 bits per heavy atom. The number of hydrogen-bond acceptors (Lipinski definition) is 6. The number of fused-ring (bicyclic) bond motifs is 5. The molecule has 4 rings (SSSR count). The Hall–Kier alpha value is -0.700. The van der Waals surface area contributed by atoms with Crippen LogP contribution in [0, 0.1) is 0 Å². The minimum atomic E-state index is -0.685. The molecule has 2 aliphatic rings. The van der Waals surface area contributed by atoms with E-state index in [1.54, 1.807) is 23.5 Å². The molecule has 2 N–H and O–H groups in total. The Morgan fingerprint density at radius 3 is 1.16 bits per heavy atom. The lowest BCUT2D eigenvalue weighted by Crippen LogP contribution is -2.38. The molecular weight excluding hydrogens is 625 g/mol. The van der Waals surface area contributed by atoms with Crippen LogP contribution in [0.15, 0.2) is 9.79 Å². The minimum absolute atomic E-state index is 0.335.